The van der Waals surface area contributed by atoms with Crippen molar-refractivity contribution >= 4 is 23.2 Å². The molecule has 0 aromatic heterocycles. The first-order chi connectivity index (χ1) is 8.72. The summed E-state index contributed by atoms with van der Waals surface area (Å²) in [5.41, 5.74) is 6.82. The van der Waals surface area contributed by atoms with E-state index < -0.39 is 0 Å². The summed E-state index contributed by atoms with van der Waals surface area (Å²) in [5, 5.41) is 4.69. The summed E-state index contributed by atoms with van der Waals surface area (Å²) >= 11 is 12.2. The van der Waals surface area contributed by atoms with Gasteiger partial charge in [-0.05, 0) is 30.5 Å². The van der Waals surface area contributed by atoms with Crippen molar-refractivity contribution in [3.8, 4) is 0 Å². The van der Waals surface area contributed by atoms with E-state index in [1.807, 2.05) is 12.1 Å². The average Bonchev–Trinajstić information content (AvgIpc) is 2.31. The molecular weight excluding hydrogens is 267 g/mol. The summed E-state index contributed by atoms with van der Waals surface area (Å²) in [4.78, 5) is 0. The van der Waals surface area contributed by atoms with Crippen LogP contribution in [0.3, 0.4) is 0 Å². The standard InChI is InChI=1S/C14H20Cl2N2/c15-12-6-2-5-11(14(12)16)13(9-17)18-8-7-10-3-1-4-10/h2,5-6,10,13,18H,1,3-4,7-9,17H2. The van der Waals surface area contributed by atoms with Crippen LogP contribution in [0.25, 0.3) is 0 Å². The molecule has 1 aromatic carbocycles. The van der Waals surface area contributed by atoms with Crippen LogP contribution in [0.2, 0.25) is 10.0 Å². The maximum absolute atomic E-state index is 6.22. The molecule has 18 heavy (non-hydrogen) atoms. The molecule has 0 radical (unpaired) electrons. The zero-order chi connectivity index (χ0) is 13.0. The summed E-state index contributed by atoms with van der Waals surface area (Å²) in [6.45, 7) is 1.53. The smallest absolute Gasteiger partial charge is 0.0640 e. The average molecular weight is 287 g/mol. The Morgan fingerprint density at radius 1 is 1.33 bits per heavy atom. The molecule has 4 heteroatoms. The fourth-order valence-electron chi connectivity index (χ4n) is 2.35. The van der Waals surface area contributed by atoms with E-state index in [4.69, 9.17) is 28.9 Å². The van der Waals surface area contributed by atoms with Crippen LogP contribution in [0.15, 0.2) is 18.2 Å². The molecule has 0 amide bonds. The molecular formula is C14H20Cl2N2. The van der Waals surface area contributed by atoms with Crippen LogP contribution in [0.5, 0.6) is 0 Å². The first kappa shape index (κ1) is 14.1. The second kappa shape index (κ2) is 6.76. The van der Waals surface area contributed by atoms with Crippen molar-refractivity contribution in [1.82, 2.24) is 5.32 Å². The molecule has 1 aliphatic carbocycles. The number of benzene rings is 1. The summed E-state index contributed by atoms with van der Waals surface area (Å²) in [7, 11) is 0. The monoisotopic (exact) mass is 286 g/mol. The first-order valence-electron chi connectivity index (χ1n) is 6.59. The molecule has 0 bridgehead atoms. The number of rotatable bonds is 6. The number of nitrogens with one attached hydrogen (secondary N) is 1. The van der Waals surface area contributed by atoms with Crippen molar-refractivity contribution in [3.05, 3.63) is 33.8 Å². The van der Waals surface area contributed by atoms with Crippen molar-refractivity contribution in [1.29, 1.82) is 0 Å². The first-order valence-corrected chi connectivity index (χ1v) is 7.35. The maximum atomic E-state index is 6.22. The second-order valence-electron chi connectivity index (χ2n) is 4.97. The van der Waals surface area contributed by atoms with Crippen molar-refractivity contribution in [3.63, 3.8) is 0 Å². The third-order valence-electron chi connectivity index (χ3n) is 3.76. The molecule has 0 saturated heterocycles. The number of hydrogen-bond acceptors (Lipinski definition) is 2. The molecule has 1 unspecified atom stereocenters. The van der Waals surface area contributed by atoms with Gasteiger partial charge in [0.2, 0.25) is 0 Å². The van der Waals surface area contributed by atoms with Gasteiger partial charge < -0.3 is 11.1 Å². The molecule has 0 heterocycles. The SMILES string of the molecule is NCC(NCCC1CCC1)c1cccc(Cl)c1Cl. The Hall–Kier alpha value is -0.280. The van der Waals surface area contributed by atoms with Crippen LogP contribution in [-0.4, -0.2) is 13.1 Å². The lowest BCUT2D eigenvalue weighted by Gasteiger charge is -2.26. The molecule has 0 aliphatic heterocycles. The minimum Gasteiger partial charge on any atom is -0.329 e. The third-order valence-corrected chi connectivity index (χ3v) is 4.59. The van der Waals surface area contributed by atoms with Gasteiger partial charge in [0.25, 0.3) is 0 Å². The Bertz CT molecular complexity index is 391. The van der Waals surface area contributed by atoms with Gasteiger partial charge >= 0.3 is 0 Å². The highest BCUT2D eigenvalue weighted by molar-refractivity contribution is 6.42. The molecule has 100 valence electrons. The number of halogens is 2. The van der Waals surface area contributed by atoms with Crippen molar-refractivity contribution in [2.45, 2.75) is 31.7 Å². The molecule has 2 nitrogen and oxygen atoms in total. The molecule has 1 aliphatic rings. The van der Waals surface area contributed by atoms with E-state index in [1.54, 1.807) is 6.07 Å². The van der Waals surface area contributed by atoms with Gasteiger partial charge in [-0.25, -0.2) is 0 Å². The van der Waals surface area contributed by atoms with E-state index in [0.29, 0.717) is 16.6 Å². The fraction of sp³-hybridized carbons (Fsp3) is 0.571. The zero-order valence-electron chi connectivity index (χ0n) is 10.5. The van der Waals surface area contributed by atoms with E-state index >= 15 is 0 Å². The molecule has 2 rings (SSSR count). The lowest BCUT2D eigenvalue weighted by Crippen LogP contribution is -2.31. The summed E-state index contributed by atoms with van der Waals surface area (Å²) in [5.74, 6) is 0.908. The van der Waals surface area contributed by atoms with Gasteiger partial charge in [-0.1, -0.05) is 54.6 Å². The van der Waals surface area contributed by atoms with Crippen LogP contribution in [0, 0.1) is 5.92 Å². The Morgan fingerprint density at radius 2 is 2.11 bits per heavy atom. The predicted molar refractivity (Wildman–Crippen MR) is 78.2 cm³/mol. The zero-order valence-corrected chi connectivity index (χ0v) is 12.0. The topological polar surface area (TPSA) is 38.0 Å². The summed E-state index contributed by atoms with van der Waals surface area (Å²) in [6.07, 6.45) is 5.39. The van der Waals surface area contributed by atoms with E-state index in [0.717, 1.165) is 18.0 Å². The van der Waals surface area contributed by atoms with Gasteiger partial charge in [0.1, 0.15) is 0 Å². The summed E-state index contributed by atoms with van der Waals surface area (Å²) < 4.78 is 0. The van der Waals surface area contributed by atoms with Gasteiger partial charge in [0.05, 0.1) is 10.0 Å². The molecule has 1 saturated carbocycles. The van der Waals surface area contributed by atoms with Gasteiger partial charge in [-0.2, -0.15) is 0 Å². The minimum absolute atomic E-state index is 0.0938. The Kier molecular flexibility index (Phi) is 5.31. The van der Waals surface area contributed by atoms with Gasteiger partial charge in [0.15, 0.2) is 0 Å². The highest BCUT2D eigenvalue weighted by atomic mass is 35.5. The van der Waals surface area contributed by atoms with E-state index in [-0.39, 0.29) is 6.04 Å². The Balaban J connectivity index is 1.92. The van der Waals surface area contributed by atoms with Crippen LogP contribution >= 0.6 is 23.2 Å². The lowest BCUT2D eigenvalue weighted by molar-refractivity contribution is 0.288. The maximum Gasteiger partial charge on any atom is 0.0640 e. The third kappa shape index (κ3) is 3.39. The van der Waals surface area contributed by atoms with Gasteiger partial charge in [-0.3, -0.25) is 0 Å². The van der Waals surface area contributed by atoms with E-state index in [2.05, 4.69) is 5.32 Å². The Labute approximate surface area is 119 Å². The number of hydrogen-bond donors (Lipinski definition) is 2. The quantitative estimate of drug-likeness (QED) is 0.835. The number of nitrogens with two attached hydrogens (primary N) is 1. The Morgan fingerprint density at radius 3 is 2.72 bits per heavy atom. The molecule has 1 atom stereocenters. The van der Waals surface area contributed by atoms with Gasteiger partial charge in [0, 0.05) is 12.6 Å². The summed E-state index contributed by atoms with van der Waals surface area (Å²) in [6, 6.07) is 5.80. The van der Waals surface area contributed by atoms with Crippen molar-refractivity contribution < 1.29 is 0 Å². The lowest BCUT2D eigenvalue weighted by atomic mass is 9.83. The predicted octanol–water partition coefficient (Wildman–Crippen LogP) is 3.77. The van der Waals surface area contributed by atoms with Gasteiger partial charge in [-0.15, -0.1) is 0 Å². The molecule has 1 aromatic rings. The minimum atomic E-state index is 0.0938. The van der Waals surface area contributed by atoms with E-state index in [1.165, 1.54) is 25.7 Å². The van der Waals surface area contributed by atoms with Crippen molar-refractivity contribution in [2.24, 2.45) is 11.7 Å². The van der Waals surface area contributed by atoms with Crippen molar-refractivity contribution in [2.75, 3.05) is 13.1 Å². The molecule has 0 spiro atoms. The second-order valence-corrected chi connectivity index (χ2v) is 5.76. The van der Waals surface area contributed by atoms with Crippen LogP contribution in [0.1, 0.15) is 37.3 Å². The fourth-order valence-corrected chi connectivity index (χ4v) is 2.79. The molecule has 3 N–H and O–H groups in total. The van der Waals surface area contributed by atoms with E-state index in [9.17, 15) is 0 Å². The van der Waals surface area contributed by atoms with Crippen LogP contribution in [-0.2, 0) is 0 Å². The van der Waals surface area contributed by atoms with Crippen LogP contribution in [0.4, 0.5) is 0 Å². The largest absolute Gasteiger partial charge is 0.329 e. The van der Waals surface area contributed by atoms with Crippen LogP contribution < -0.4 is 11.1 Å². The highest BCUT2D eigenvalue weighted by Gasteiger charge is 2.18. The normalized spacial score (nSPS) is 17.5. The highest BCUT2D eigenvalue weighted by Crippen LogP contribution is 2.31. The molecule has 1 fully saturated rings.